The summed E-state index contributed by atoms with van der Waals surface area (Å²) in [5.74, 6) is 1.62. The van der Waals surface area contributed by atoms with Gasteiger partial charge in [-0.05, 0) is 98.7 Å². The van der Waals surface area contributed by atoms with Gasteiger partial charge in [-0.1, -0.05) is 131 Å². The number of fused-ring (bicyclic) bond motifs is 10. The van der Waals surface area contributed by atoms with E-state index in [1.807, 2.05) is 30.6 Å². The number of para-hydroxylation sites is 3. The van der Waals surface area contributed by atoms with Gasteiger partial charge in [0.1, 0.15) is 11.4 Å². The second-order valence-corrected chi connectivity index (χ2v) is 18.8. The van der Waals surface area contributed by atoms with Gasteiger partial charge in [-0.2, -0.15) is 0 Å². The second kappa shape index (κ2) is 14.9. The number of pyridine rings is 2. The maximum Gasteiger partial charge on any atom is 2.00 e. The van der Waals surface area contributed by atoms with E-state index in [1.54, 1.807) is 0 Å². The first-order valence-electron chi connectivity index (χ1n) is 21.1. The van der Waals surface area contributed by atoms with Crippen molar-refractivity contribution in [1.29, 1.82) is 0 Å². The van der Waals surface area contributed by atoms with Crippen LogP contribution in [-0.2, 0) is 33.9 Å². The molecule has 5 heterocycles. The maximum absolute atomic E-state index is 6.72. The van der Waals surface area contributed by atoms with Crippen molar-refractivity contribution in [3.05, 3.63) is 163 Å². The average molecular weight is 987 g/mol. The van der Waals surface area contributed by atoms with E-state index in [0.29, 0.717) is 0 Å². The van der Waals surface area contributed by atoms with E-state index in [9.17, 15) is 0 Å². The third-order valence-electron chi connectivity index (χ3n) is 11.6. The molecule has 0 fully saturated rings. The molecular formula is C55H45N5OPt. The van der Waals surface area contributed by atoms with Crippen molar-refractivity contribution in [2.45, 2.75) is 54.4 Å². The monoisotopic (exact) mass is 986 g/mol. The number of hydrogen-bond acceptors (Lipinski definition) is 4. The summed E-state index contributed by atoms with van der Waals surface area (Å²) in [7, 11) is 0. The molecule has 0 N–H and O–H groups in total. The van der Waals surface area contributed by atoms with E-state index in [-0.39, 0.29) is 31.9 Å². The van der Waals surface area contributed by atoms with Crippen LogP contribution in [0.3, 0.4) is 0 Å². The van der Waals surface area contributed by atoms with E-state index in [4.69, 9.17) is 19.4 Å². The smallest absolute Gasteiger partial charge is 0.491 e. The van der Waals surface area contributed by atoms with Gasteiger partial charge in [-0.15, -0.1) is 40.8 Å². The molecule has 5 aromatic heterocycles. The third-order valence-corrected chi connectivity index (χ3v) is 11.6. The standard InChI is InChI=1S/C55H45N5O.Pt/c1-54(2,3)32-34-18-20-36(21-19-34)37-25-27-56-45(29-37)43-31-42-39(13-11-14-40(42)51-41-12-7-10-17-49(41)61-52(43)51)38-22-23-47-48(30-38)60(50-28-35(24-26-57-50)33-55(4,5)6)53-58-44-15-8-9-16-46(44)59(47)53;/h7-29H,32-33H2,1-6H3;/q-2;+2. The van der Waals surface area contributed by atoms with Crippen molar-refractivity contribution >= 4 is 60.6 Å². The molecule has 11 rings (SSSR count). The van der Waals surface area contributed by atoms with Crippen molar-refractivity contribution in [3.63, 3.8) is 0 Å². The molecule has 62 heavy (non-hydrogen) atoms. The molecule has 11 aromatic rings. The minimum absolute atomic E-state index is 0. The van der Waals surface area contributed by atoms with Gasteiger partial charge >= 0.3 is 21.1 Å². The first-order chi connectivity index (χ1) is 29.5. The zero-order valence-electron chi connectivity index (χ0n) is 35.7. The van der Waals surface area contributed by atoms with Crippen LogP contribution in [-0.4, -0.2) is 23.9 Å². The molecule has 0 aliphatic rings. The first-order valence-corrected chi connectivity index (χ1v) is 21.1. The number of hydrogen-bond donors (Lipinski definition) is 0. The summed E-state index contributed by atoms with van der Waals surface area (Å²) in [5, 5.41) is 4.15. The summed E-state index contributed by atoms with van der Waals surface area (Å²) in [6.45, 7) is 13.6. The number of furan rings is 1. The Bertz CT molecular complexity index is 3500. The summed E-state index contributed by atoms with van der Waals surface area (Å²) in [6.07, 6.45) is 5.76. The molecule has 0 saturated carbocycles. The van der Waals surface area contributed by atoms with Crippen LogP contribution in [0.4, 0.5) is 0 Å². The molecule has 0 radical (unpaired) electrons. The Hall–Kier alpha value is -6.36. The molecule has 306 valence electrons. The Morgan fingerprint density at radius 1 is 0.629 bits per heavy atom. The molecule has 0 atom stereocenters. The van der Waals surface area contributed by atoms with E-state index < -0.39 is 0 Å². The van der Waals surface area contributed by atoms with Crippen LogP contribution in [0.15, 0.2) is 144 Å². The van der Waals surface area contributed by atoms with Gasteiger partial charge in [0.15, 0.2) is 0 Å². The predicted octanol–water partition coefficient (Wildman–Crippen LogP) is 14.1. The van der Waals surface area contributed by atoms with Crippen LogP contribution in [0, 0.1) is 23.0 Å². The summed E-state index contributed by atoms with van der Waals surface area (Å²) < 4.78 is 11.1. The summed E-state index contributed by atoms with van der Waals surface area (Å²) in [6, 6.07) is 52.7. The quantitative estimate of drug-likeness (QED) is 0.156. The van der Waals surface area contributed by atoms with Gasteiger partial charge in [0.25, 0.3) is 0 Å². The molecular weight excluding hydrogens is 942 g/mol. The van der Waals surface area contributed by atoms with Crippen molar-refractivity contribution in [2.75, 3.05) is 0 Å². The molecule has 0 unspecified atom stereocenters. The van der Waals surface area contributed by atoms with Gasteiger partial charge in [-0.3, -0.25) is 9.55 Å². The molecule has 0 spiro atoms. The molecule has 0 saturated heterocycles. The largest absolute Gasteiger partial charge is 2.00 e. The normalized spacial score (nSPS) is 12.4. The molecule has 0 bridgehead atoms. The zero-order valence-corrected chi connectivity index (χ0v) is 37.9. The van der Waals surface area contributed by atoms with Gasteiger partial charge in [-0.25, -0.2) is 9.97 Å². The van der Waals surface area contributed by atoms with Crippen molar-refractivity contribution in [2.24, 2.45) is 10.8 Å². The van der Waals surface area contributed by atoms with Crippen LogP contribution < -0.4 is 0 Å². The molecule has 7 heteroatoms. The minimum Gasteiger partial charge on any atom is -0.491 e. The number of rotatable bonds is 6. The van der Waals surface area contributed by atoms with Crippen LogP contribution in [0.5, 0.6) is 0 Å². The molecule has 0 amide bonds. The van der Waals surface area contributed by atoms with E-state index in [0.717, 1.165) is 113 Å². The Morgan fingerprint density at radius 3 is 2.19 bits per heavy atom. The fraction of sp³-hybridized carbons (Fsp3) is 0.182. The Kier molecular flexibility index (Phi) is 9.57. The zero-order chi connectivity index (χ0) is 41.6. The fourth-order valence-electron chi connectivity index (χ4n) is 9.15. The summed E-state index contributed by atoms with van der Waals surface area (Å²) >= 11 is 0. The van der Waals surface area contributed by atoms with Crippen molar-refractivity contribution in [1.82, 2.24) is 23.9 Å². The SMILES string of the molecule is CC(C)(C)Cc1ccc(-c2ccnc(-c3[c-]c4c(-c5[c-]c6c(cc5)n5c7ccccc7nc5n6-c5cc(CC(C)(C)C)ccn5)cccc4c4c3oc3ccccc34)c2)cc1.[Pt+2]. The predicted molar refractivity (Wildman–Crippen MR) is 250 cm³/mol. The molecule has 6 aromatic carbocycles. The first kappa shape index (κ1) is 39.8. The minimum atomic E-state index is 0. The Labute approximate surface area is 375 Å². The number of benzene rings is 6. The van der Waals surface area contributed by atoms with Gasteiger partial charge in [0.2, 0.25) is 5.78 Å². The van der Waals surface area contributed by atoms with E-state index >= 15 is 0 Å². The Morgan fingerprint density at radius 2 is 1.37 bits per heavy atom. The topological polar surface area (TPSA) is 61.2 Å². The number of nitrogens with zero attached hydrogens (tertiary/aromatic N) is 5. The van der Waals surface area contributed by atoms with Gasteiger partial charge in [0.05, 0.1) is 16.6 Å². The van der Waals surface area contributed by atoms with Crippen LogP contribution in [0.25, 0.3) is 99.9 Å². The van der Waals surface area contributed by atoms with Gasteiger partial charge in [0, 0.05) is 23.5 Å². The molecule has 6 nitrogen and oxygen atoms in total. The van der Waals surface area contributed by atoms with E-state index in [1.165, 1.54) is 11.1 Å². The Balaban J connectivity index is 0.00000458. The van der Waals surface area contributed by atoms with Crippen molar-refractivity contribution in [3.8, 4) is 39.3 Å². The number of imidazole rings is 2. The van der Waals surface area contributed by atoms with Gasteiger partial charge < -0.3 is 8.82 Å². The molecule has 0 aliphatic heterocycles. The third kappa shape index (κ3) is 6.91. The van der Waals surface area contributed by atoms with Crippen molar-refractivity contribution < 1.29 is 25.5 Å². The van der Waals surface area contributed by atoms with Crippen LogP contribution in [0.2, 0.25) is 0 Å². The van der Waals surface area contributed by atoms with E-state index in [2.05, 4.69) is 172 Å². The van der Waals surface area contributed by atoms with Crippen LogP contribution in [0.1, 0.15) is 52.7 Å². The average Bonchev–Trinajstić information content (AvgIpc) is 3.91. The summed E-state index contributed by atoms with van der Waals surface area (Å²) in [4.78, 5) is 15.1. The summed E-state index contributed by atoms with van der Waals surface area (Å²) in [5.41, 5.74) is 14.2. The van der Waals surface area contributed by atoms with Crippen LogP contribution >= 0.6 is 0 Å². The maximum atomic E-state index is 6.72. The second-order valence-electron chi connectivity index (χ2n) is 18.8. The fourth-order valence-corrected chi connectivity index (χ4v) is 9.15. The number of aromatic nitrogens is 5. The molecule has 0 aliphatic carbocycles.